The second-order valence-corrected chi connectivity index (χ2v) is 5.13. The minimum Gasteiger partial charge on any atom is -0.478 e. The van der Waals surface area contributed by atoms with Crippen LogP contribution in [-0.4, -0.2) is 27.3 Å². The molecule has 0 atom stereocenters. The number of ether oxygens (including phenoxy) is 1. The standard InChI is InChI=1S/C12H9BrN2O3S/c1-19-11-5-10(14-6-15-11)18-9-4-7(12(16)17)2-3-8(9)13/h2-6H,1H3,(H,16,17). The van der Waals surface area contributed by atoms with Crippen LogP contribution in [0.4, 0.5) is 0 Å². The van der Waals surface area contributed by atoms with Crippen LogP contribution in [0.1, 0.15) is 10.4 Å². The van der Waals surface area contributed by atoms with Gasteiger partial charge in [0, 0.05) is 6.07 Å². The molecule has 19 heavy (non-hydrogen) atoms. The van der Waals surface area contributed by atoms with Gasteiger partial charge in [0.25, 0.3) is 0 Å². The van der Waals surface area contributed by atoms with Crippen LogP contribution in [0.3, 0.4) is 0 Å². The van der Waals surface area contributed by atoms with Crippen LogP contribution in [0.15, 0.2) is 40.1 Å². The van der Waals surface area contributed by atoms with E-state index in [4.69, 9.17) is 9.84 Å². The van der Waals surface area contributed by atoms with Crippen LogP contribution in [0.5, 0.6) is 11.6 Å². The monoisotopic (exact) mass is 340 g/mol. The lowest BCUT2D eigenvalue weighted by Gasteiger charge is -2.08. The second kappa shape index (κ2) is 6.03. The molecule has 0 amide bonds. The molecule has 0 spiro atoms. The molecule has 98 valence electrons. The molecule has 5 nitrogen and oxygen atoms in total. The van der Waals surface area contributed by atoms with Gasteiger partial charge in [0.15, 0.2) is 0 Å². The van der Waals surface area contributed by atoms with Crippen molar-refractivity contribution in [2.75, 3.05) is 6.26 Å². The van der Waals surface area contributed by atoms with E-state index in [1.54, 1.807) is 12.1 Å². The maximum atomic E-state index is 10.9. The van der Waals surface area contributed by atoms with Gasteiger partial charge < -0.3 is 9.84 Å². The van der Waals surface area contributed by atoms with Gasteiger partial charge in [-0.2, -0.15) is 0 Å². The number of hydrogen-bond acceptors (Lipinski definition) is 5. The number of aromatic carboxylic acids is 1. The molecule has 0 aliphatic heterocycles. The Bertz CT molecular complexity index is 622. The normalized spacial score (nSPS) is 10.2. The highest BCUT2D eigenvalue weighted by molar-refractivity contribution is 9.10. The summed E-state index contributed by atoms with van der Waals surface area (Å²) in [4.78, 5) is 18.9. The van der Waals surface area contributed by atoms with Gasteiger partial charge in [-0.05, 0) is 40.4 Å². The van der Waals surface area contributed by atoms with Gasteiger partial charge in [-0.15, -0.1) is 11.8 Å². The topological polar surface area (TPSA) is 72.3 Å². The van der Waals surface area contributed by atoms with E-state index in [2.05, 4.69) is 25.9 Å². The number of halogens is 1. The largest absolute Gasteiger partial charge is 0.478 e. The highest BCUT2D eigenvalue weighted by atomic mass is 79.9. The Hall–Kier alpha value is -1.60. The lowest BCUT2D eigenvalue weighted by Crippen LogP contribution is -1.97. The molecule has 1 aromatic carbocycles. The van der Waals surface area contributed by atoms with Crippen LogP contribution in [0.25, 0.3) is 0 Å². The number of rotatable bonds is 4. The third kappa shape index (κ3) is 3.45. The molecule has 0 unspecified atom stereocenters. The molecule has 2 aromatic rings. The summed E-state index contributed by atoms with van der Waals surface area (Å²) in [6.07, 6.45) is 3.29. The third-order valence-corrected chi connectivity index (χ3v) is 3.52. The van der Waals surface area contributed by atoms with Crippen molar-refractivity contribution in [1.29, 1.82) is 0 Å². The molecule has 1 aromatic heterocycles. The number of benzene rings is 1. The Kier molecular flexibility index (Phi) is 4.39. The minimum absolute atomic E-state index is 0.150. The first-order chi connectivity index (χ1) is 9.10. The molecular weight excluding hydrogens is 332 g/mol. The summed E-state index contributed by atoms with van der Waals surface area (Å²) in [6, 6.07) is 6.24. The first-order valence-corrected chi connectivity index (χ1v) is 7.18. The zero-order valence-corrected chi connectivity index (χ0v) is 12.2. The summed E-state index contributed by atoms with van der Waals surface area (Å²) in [7, 11) is 0. The molecule has 0 aliphatic rings. The molecule has 0 bridgehead atoms. The Morgan fingerprint density at radius 3 is 2.84 bits per heavy atom. The third-order valence-electron chi connectivity index (χ3n) is 2.22. The molecule has 2 rings (SSSR count). The molecule has 0 saturated carbocycles. The molecular formula is C12H9BrN2O3S. The minimum atomic E-state index is -1.01. The van der Waals surface area contributed by atoms with Gasteiger partial charge in [-0.25, -0.2) is 14.8 Å². The highest BCUT2D eigenvalue weighted by Gasteiger charge is 2.10. The van der Waals surface area contributed by atoms with Crippen molar-refractivity contribution in [3.8, 4) is 11.6 Å². The average molecular weight is 341 g/mol. The summed E-state index contributed by atoms with van der Waals surface area (Å²) in [6.45, 7) is 0. The van der Waals surface area contributed by atoms with Gasteiger partial charge in [0.05, 0.1) is 10.0 Å². The Labute approximate surface area is 122 Å². The van der Waals surface area contributed by atoms with Gasteiger partial charge in [-0.1, -0.05) is 0 Å². The van der Waals surface area contributed by atoms with Crippen molar-refractivity contribution >= 4 is 33.7 Å². The van der Waals surface area contributed by atoms with Crippen molar-refractivity contribution in [3.05, 3.63) is 40.6 Å². The van der Waals surface area contributed by atoms with E-state index in [0.717, 1.165) is 5.03 Å². The molecule has 0 radical (unpaired) electrons. The lowest BCUT2D eigenvalue weighted by molar-refractivity contribution is 0.0696. The van der Waals surface area contributed by atoms with Crippen LogP contribution in [-0.2, 0) is 0 Å². The second-order valence-electron chi connectivity index (χ2n) is 3.45. The Balaban J connectivity index is 2.31. The predicted molar refractivity (Wildman–Crippen MR) is 75.0 cm³/mol. The highest BCUT2D eigenvalue weighted by Crippen LogP contribution is 2.30. The number of carboxylic acids is 1. The summed E-state index contributed by atoms with van der Waals surface area (Å²) in [5.74, 6) is -0.252. The van der Waals surface area contributed by atoms with Crippen molar-refractivity contribution in [2.45, 2.75) is 5.03 Å². The van der Waals surface area contributed by atoms with Crippen molar-refractivity contribution in [2.24, 2.45) is 0 Å². The van der Waals surface area contributed by atoms with Crippen molar-refractivity contribution in [1.82, 2.24) is 9.97 Å². The molecule has 0 aliphatic carbocycles. The first-order valence-electron chi connectivity index (χ1n) is 5.17. The average Bonchev–Trinajstić information content (AvgIpc) is 2.41. The summed E-state index contributed by atoms with van der Waals surface area (Å²) >= 11 is 4.77. The van der Waals surface area contributed by atoms with Crippen LogP contribution in [0, 0.1) is 0 Å². The van der Waals surface area contributed by atoms with Gasteiger partial charge in [0.1, 0.15) is 17.1 Å². The van der Waals surface area contributed by atoms with Crippen molar-refractivity contribution < 1.29 is 14.6 Å². The van der Waals surface area contributed by atoms with Gasteiger partial charge >= 0.3 is 5.97 Å². The van der Waals surface area contributed by atoms with E-state index in [0.29, 0.717) is 16.1 Å². The predicted octanol–water partition coefficient (Wildman–Crippen LogP) is 3.45. The Morgan fingerprint density at radius 2 is 2.16 bits per heavy atom. The SMILES string of the molecule is CSc1cc(Oc2cc(C(=O)O)ccc2Br)ncn1. The van der Waals surface area contributed by atoms with Crippen LogP contribution in [0.2, 0.25) is 0 Å². The molecule has 7 heteroatoms. The number of carboxylic acid groups (broad SMARTS) is 1. The summed E-state index contributed by atoms with van der Waals surface area (Å²) in [5, 5.41) is 9.72. The maximum Gasteiger partial charge on any atom is 0.335 e. The quantitative estimate of drug-likeness (QED) is 0.678. The molecule has 0 fully saturated rings. The number of thioether (sulfide) groups is 1. The van der Waals surface area contributed by atoms with E-state index in [1.807, 2.05) is 6.26 Å². The molecule has 1 heterocycles. The van der Waals surface area contributed by atoms with Crippen LogP contribution < -0.4 is 4.74 Å². The smallest absolute Gasteiger partial charge is 0.335 e. The van der Waals surface area contributed by atoms with E-state index < -0.39 is 5.97 Å². The number of carbonyl (C=O) groups is 1. The van der Waals surface area contributed by atoms with E-state index in [-0.39, 0.29) is 5.56 Å². The van der Waals surface area contributed by atoms with Gasteiger partial charge in [-0.3, -0.25) is 0 Å². The number of hydrogen-bond donors (Lipinski definition) is 1. The van der Waals surface area contributed by atoms with Crippen LogP contribution >= 0.6 is 27.7 Å². The van der Waals surface area contributed by atoms with E-state index >= 15 is 0 Å². The fraction of sp³-hybridized carbons (Fsp3) is 0.0833. The summed E-state index contributed by atoms with van der Waals surface area (Å²) in [5.41, 5.74) is 0.150. The number of aromatic nitrogens is 2. The van der Waals surface area contributed by atoms with Crippen molar-refractivity contribution in [3.63, 3.8) is 0 Å². The first kappa shape index (κ1) is 13.8. The fourth-order valence-corrected chi connectivity index (χ4v) is 2.02. The lowest BCUT2D eigenvalue weighted by atomic mass is 10.2. The fourth-order valence-electron chi connectivity index (χ4n) is 1.32. The Morgan fingerprint density at radius 1 is 1.37 bits per heavy atom. The zero-order chi connectivity index (χ0) is 13.8. The number of nitrogens with zero attached hydrogens (tertiary/aromatic N) is 2. The zero-order valence-electron chi connectivity index (χ0n) is 9.83. The molecule has 1 N–H and O–H groups in total. The maximum absolute atomic E-state index is 10.9. The van der Waals surface area contributed by atoms with E-state index in [1.165, 1.54) is 30.2 Å². The van der Waals surface area contributed by atoms with Gasteiger partial charge in [0.2, 0.25) is 5.88 Å². The molecule has 0 saturated heterocycles. The van der Waals surface area contributed by atoms with E-state index in [9.17, 15) is 4.79 Å². The summed E-state index contributed by atoms with van der Waals surface area (Å²) < 4.78 is 6.22.